The highest BCUT2D eigenvalue weighted by Gasteiger charge is 2.53. The van der Waals surface area contributed by atoms with E-state index in [-0.39, 0.29) is 48.8 Å². The van der Waals surface area contributed by atoms with Gasteiger partial charge in [-0.2, -0.15) is 8.78 Å². The molecule has 0 aliphatic carbocycles. The zero-order valence-corrected chi connectivity index (χ0v) is 21.6. The number of rotatable bonds is 9. The smallest absolute Gasteiger partial charge is 0.388 e. The molecule has 9 nitrogen and oxygen atoms in total. The molecule has 0 spiro atoms. The van der Waals surface area contributed by atoms with Crippen molar-refractivity contribution in [1.82, 2.24) is 15.0 Å². The summed E-state index contributed by atoms with van der Waals surface area (Å²) in [7, 11) is 0. The van der Waals surface area contributed by atoms with Gasteiger partial charge in [-0.25, -0.2) is 19.7 Å². The van der Waals surface area contributed by atoms with Gasteiger partial charge in [0, 0.05) is 25.0 Å². The Balaban J connectivity index is 1.69. The fourth-order valence-electron chi connectivity index (χ4n) is 4.48. The minimum absolute atomic E-state index is 0.0429. The number of carbonyl (C=O) groups is 2. The molecule has 0 saturated carbocycles. The first-order valence-corrected chi connectivity index (χ1v) is 12.2. The third-order valence-corrected chi connectivity index (χ3v) is 6.31. The van der Waals surface area contributed by atoms with Gasteiger partial charge in [-0.1, -0.05) is 38.1 Å². The Labute approximate surface area is 219 Å². The van der Waals surface area contributed by atoms with Crippen LogP contribution in [-0.2, 0) is 14.9 Å². The van der Waals surface area contributed by atoms with E-state index in [0.29, 0.717) is 5.69 Å². The summed E-state index contributed by atoms with van der Waals surface area (Å²) in [4.78, 5) is 40.5. The van der Waals surface area contributed by atoms with E-state index in [4.69, 9.17) is 4.74 Å². The molecule has 38 heavy (non-hydrogen) atoms. The molecule has 1 aromatic carbocycles. The molecule has 2 aromatic heterocycles. The number of aryl methyl sites for hydroxylation is 1. The highest BCUT2D eigenvalue weighted by molar-refractivity contribution is 6.02. The van der Waals surface area contributed by atoms with Crippen molar-refractivity contribution in [2.45, 2.75) is 45.6 Å². The molecule has 3 heterocycles. The Morgan fingerprint density at radius 1 is 1.11 bits per heavy atom. The number of ether oxygens (including phenoxy) is 2. The number of halogens is 2. The summed E-state index contributed by atoms with van der Waals surface area (Å²) < 4.78 is 35.7. The van der Waals surface area contributed by atoms with E-state index in [1.54, 1.807) is 24.8 Å². The molecule has 11 heteroatoms. The fraction of sp³-hybridized carbons (Fsp3) is 0.370. The summed E-state index contributed by atoms with van der Waals surface area (Å²) in [5.74, 6) is -0.938. The summed E-state index contributed by atoms with van der Waals surface area (Å²) in [5.41, 5.74) is 1.35. The fourth-order valence-corrected chi connectivity index (χ4v) is 4.48. The van der Waals surface area contributed by atoms with Gasteiger partial charge >= 0.3 is 12.6 Å². The van der Waals surface area contributed by atoms with Crippen LogP contribution in [0.5, 0.6) is 5.88 Å². The van der Waals surface area contributed by atoms with Gasteiger partial charge in [-0.15, -0.1) is 0 Å². The van der Waals surface area contributed by atoms with Crippen LogP contribution < -0.4 is 15.0 Å². The molecule has 0 bridgehead atoms. The number of pyridine rings is 1. The Hall–Kier alpha value is -4.15. The van der Waals surface area contributed by atoms with Crippen LogP contribution in [0.25, 0.3) is 0 Å². The predicted octanol–water partition coefficient (Wildman–Crippen LogP) is 4.48. The van der Waals surface area contributed by atoms with Gasteiger partial charge in [0.1, 0.15) is 11.1 Å². The maximum Gasteiger partial charge on any atom is 0.388 e. The second kappa shape index (κ2) is 11.1. The number of esters is 1. The molecule has 3 aromatic rings. The number of hydrogen-bond acceptors (Lipinski definition) is 8. The van der Waals surface area contributed by atoms with E-state index in [1.165, 1.54) is 18.3 Å². The zero-order valence-electron chi connectivity index (χ0n) is 21.6. The summed E-state index contributed by atoms with van der Waals surface area (Å²) in [6, 6.07) is 12.2. The van der Waals surface area contributed by atoms with E-state index in [9.17, 15) is 18.4 Å². The SMILES string of the molecule is CCOC(=O)c1ccnc(N2CC(C(=O)Nc3ccc(C)nc3OC(F)F)(c3ccccc3C(C)C)C2)n1. The highest BCUT2D eigenvalue weighted by atomic mass is 19.3. The predicted molar refractivity (Wildman–Crippen MR) is 137 cm³/mol. The van der Waals surface area contributed by atoms with E-state index < -0.39 is 23.9 Å². The molecule has 1 aliphatic rings. The number of carbonyl (C=O) groups excluding carboxylic acids is 2. The molecular formula is C27H29F2N5O4. The molecule has 0 radical (unpaired) electrons. The third kappa shape index (κ3) is 5.41. The average molecular weight is 526 g/mol. The summed E-state index contributed by atoms with van der Waals surface area (Å²) in [6.45, 7) is 4.91. The molecule has 1 fully saturated rings. The largest absolute Gasteiger partial charge is 0.461 e. The van der Waals surface area contributed by atoms with Crippen LogP contribution in [0.2, 0.25) is 0 Å². The van der Waals surface area contributed by atoms with Gasteiger partial charge in [0.2, 0.25) is 17.7 Å². The van der Waals surface area contributed by atoms with Gasteiger partial charge in [0.25, 0.3) is 0 Å². The minimum Gasteiger partial charge on any atom is -0.461 e. The molecule has 1 amide bonds. The van der Waals surface area contributed by atoms with Gasteiger partial charge in [0.15, 0.2) is 5.69 Å². The van der Waals surface area contributed by atoms with Crippen LogP contribution in [0.3, 0.4) is 0 Å². The number of nitrogens with zero attached hydrogens (tertiary/aromatic N) is 4. The van der Waals surface area contributed by atoms with E-state index in [1.807, 2.05) is 38.1 Å². The van der Waals surface area contributed by atoms with Crippen molar-refractivity contribution in [3.63, 3.8) is 0 Å². The molecule has 200 valence electrons. The van der Waals surface area contributed by atoms with Gasteiger partial charge in [0.05, 0.1) is 6.61 Å². The lowest BCUT2D eigenvalue weighted by molar-refractivity contribution is -0.122. The van der Waals surface area contributed by atoms with Crippen LogP contribution in [0, 0.1) is 6.92 Å². The molecule has 0 unspecified atom stereocenters. The van der Waals surface area contributed by atoms with Crippen LogP contribution in [0.1, 0.15) is 54.0 Å². The first-order chi connectivity index (χ1) is 18.1. The first-order valence-electron chi connectivity index (χ1n) is 12.2. The molecule has 1 N–H and O–H groups in total. The van der Waals surface area contributed by atoms with Gasteiger partial charge in [-0.3, -0.25) is 4.79 Å². The van der Waals surface area contributed by atoms with Crippen molar-refractivity contribution >= 4 is 23.5 Å². The minimum atomic E-state index is -3.10. The van der Waals surface area contributed by atoms with Crippen molar-refractivity contribution in [1.29, 1.82) is 0 Å². The normalized spacial score (nSPS) is 14.3. The van der Waals surface area contributed by atoms with Crippen molar-refractivity contribution in [2.75, 3.05) is 29.9 Å². The van der Waals surface area contributed by atoms with Crippen molar-refractivity contribution in [2.24, 2.45) is 0 Å². The number of amides is 1. The van der Waals surface area contributed by atoms with Gasteiger partial charge in [-0.05, 0) is 49.1 Å². The van der Waals surface area contributed by atoms with Crippen LogP contribution in [0.15, 0.2) is 48.7 Å². The molecular weight excluding hydrogens is 496 g/mol. The highest BCUT2D eigenvalue weighted by Crippen LogP contribution is 2.41. The second-order valence-corrected chi connectivity index (χ2v) is 9.28. The van der Waals surface area contributed by atoms with E-state index in [0.717, 1.165) is 11.1 Å². The molecule has 4 rings (SSSR count). The number of benzene rings is 1. The van der Waals surface area contributed by atoms with Crippen molar-refractivity contribution < 1.29 is 27.8 Å². The van der Waals surface area contributed by atoms with Crippen molar-refractivity contribution in [3.8, 4) is 5.88 Å². The zero-order chi connectivity index (χ0) is 27.4. The summed E-state index contributed by atoms with van der Waals surface area (Å²) in [5, 5.41) is 2.77. The number of nitrogens with one attached hydrogen (secondary N) is 1. The lowest BCUT2D eigenvalue weighted by atomic mass is 9.69. The van der Waals surface area contributed by atoms with Crippen LogP contribution in [-0.4, -0.2) is 53.1 Å². The molecule has 0 atom stereocenters. The Morgan fingerprint density at radius 3 is 2.53 bits per heavy atom. The van der Waals surface area contributed by atoms with E-state index in [2.05, 4.69) is 25.0 Å². The standard InChI is InChI=1S/C27H29F2N5O4/c1-5-37-23(35)21-12-13-30-26(33-21)34-14-27(15-34,19-9-7-6-8-18(19)16(2)3)24(36)32-20-11-10-17(4)31-22(20)38-25(28)29/h6-13,16,25H,5,14-15H2,1-4H3,(H,32,36). The third-order valence-electron chi connectivity index (χ3n) is 6.31. The van der Waals surface area contributed by atoms with Crippen molar-refractivity contribution in [3.05, 3.63) is 71.2 Å². The monoisotopic (exact) mass is 525 g/mol. The maximum absolute atomic E-state index is 13.9. The number of aromatic nitrogens is 3. The lowest BCUT2D eigenvalue weighted by Gasteiger charge is -2.50. The number of hydrogen-bond donors (Lipinski definition) is 1. The first kappa shape index (κ1) is 26.9. The lowest BCUT2D eigenvalue weighted by Crippen LogP contribution is -2.66. The topological polar surface area (TPSA) is 107 Å². The van der Waals surface area contributed by atoms with Crippen LogP contribution >= 0.6 is 0 Å². The van der Waals surface area contributed by atoms with E-state index >= 15 is 0 Å². The number of anilines is 2. The van der Waals surface area contributed by atoms with Gasteiger partial charge < -0.3 is 19.7 Å². The maximum atomic E-state index is 13.9. The Bertz CT molecular complexity index is 1330. The number of alkyl halides is 2. The Kier molecular flexibility index (Phi) is 7.84. The second-order valence-electron chi connectivity index (χ2n) is 9.28. The summed E-state index contributed by atoms with van der Waals surface area (Å²) >= 11 is 0. The molecule has 1 aliphatic heterocycles. The quantitative estimate of drug-likeness (QED) is 0.408. The summed E-state index contributed by atoms with van der Waals surface area (Å²) in [6.07, 6.45) is 1.46. The Morgan fingerprint density at radius 2 is 1.84 bits per heavy atom. The average Bonchev–Trinajstić information content (AvgIpc) is 2.85. The molecule has 1 saturated heterocycles. The van der Waals surface area contributed by atoms with Crippen LogP contribution in [0.4, 0.5) is 20.4 Å².